The van der Waals surface area contributed by atoms with E-state index in [9.17, 15) is 4.79 Å². The molecule has 2 fully saturated rings. The summed E-state index contributed by atoms with van der Waals surface area (Å²) in [6, 6.07) is 0.545. The van der Waals surface area contributed by atoms with Crippen LogP contribution in [0.15, 0.2) is 11.5 Å². The first kappa shape index (κ1) is 13.9. The van der Waals surface area contributed by atoms with E-state index >= 15 is 0 Å². The molecule has 1 saturated heterocycles. The van der Waals surface area contributed by atoms with Gasteiger partial charge < -0.3 is 14.6 Å². The molecular formula is C13H20N4O2S. The number of aromatic nitrogens is 3. The van der Waals surface area contributed by atoms with Gasteiger partial charge in [0.05, 0.1) is 5.75 Å². The molecule has 1 aliphatic heterocycles. The summed E-state index contributed by atoms with van der Waals surface area (Å²) in [5.41, 5.74) is 0. The van der Waals surface area contributed by atoms with Gasteiger partial charge in [0, 0.05) is 25.7 Å². The molecule has 1 N–H and O–H groups in total. The van der Waals surface area contributed by atoms with E-state index in [0.717, 1.165) is 31.1 Å². The van der Waals surface area contributed by atoms with Crippen LogP contribution in [-0.4, -0.2) is 56.1 Å². The van der Waals surface area contributed by atoms with Gasteiger partial charge in [0.1, 0.15) is 6.33 Å². The van der Waals surface area contributed by atoms with E-state index in [1.807, 2.05) is 4.90 Å². The molecule has 110 valence electrons. The number of thioether (sulfide) groups is 1. The van der Waals surface area contributed by atoms with Gasteiger partial charge in [0.2, 0.25) is 5.91 Å². The first-order valence-electron chi connectivity index (χ1n) is 7.19. The number of nitrogens with zero attached hydrogens (tertiary/aromatic N) is 4. The van der Waals surface area contributed by atoms with Crippen LogP contribution in [0.2, 0.25) is 0 Å². The molecule has 1 unspecified atom stereocenters. The van der Waals surface area contributed by atoms with E-state index in [2.05, 4.69) is 14.8 Å². The topological polar surface area (TPSA) is 71.2 Å². The molecule has 0 aromatic carbocycles. The van der Waals surface area contributed by atoms with Gasteiger partial charge in [-0.1, -0.05) is 11.8 Å². The average molecular weight is 296 g/mol. The second kappa shape index (κ2) is 6.13. The highest BCUT2D eigenvalue weighted by Crippen LogP contribution is 2.37. The summed E-state index contributed by atoms with van der Waals surface area (Å²) in [7, 11) is 0. The molecule has 1 saturated carbocycles. The number of rotatable bonds is 6. The lowest BCUT2D eigenvalue weighted by molar-refractivity contribution is -0.127. The summed E-state index contributed by atoms with van der Waals surface area (Å²) >= 11 is 1.48. The Labute approximate surface area is 122 Å². The molecule has 1 aliphatic carbocycles. The minimum absolute atomic E-state index is 0.167. The predicted octanol–water partition coefficient (Wildman–Crippen LogP) is 0.936. The van der Waals surface area contributed by atoms with Crippen LogP contribution in [0.5, 0.6) is 0 Å². The lowest BCUT2D eigenvalue weighted by Crippen LogP contribution is -2.30. The zero-order chi connectivity index (χ0) is 13.9. The molecule has 2 heterocycles. The number of amides is 1. The smallest absolute Gasteiger partial charge is 0.233 e. The second-order valence-corrected chi connectivity index (χ2v) is 6.49. The first-order valence-corrected chi connectivity index (χ1v) is 8.17. The van der Waals surface area contributed by atoms with Gasteiger partial charge in [0.15, 0.2) is 5.16 Å². The van der Waals surface area contributed by atoms with Crippen molar-refractivity contribution in [2.45, 2.75) is 36.9 Å². The molecule has 20 heavy (non-hydrogen) atoms. The van der Waals surface area contributed by atoms with E-state index in [1.54, 1.807) is 6.33 Å². The van der Waals surface area contributed by atoms with Gasteiger partial charge in [-0.15, -0.1) is 10.2 Å². The van der Waals surface area contributed by atoms with Crippen molar-refractivity contribution in [3.8, 4) is 0 Å². The molecule has 0 spiro atoms. The van der Waals surface area contributed by atoms with Crippen LogP contribution in [0, 0.1) is 5.92 Å². The summed E-state index contributed by atoms with van der Waals surface area (Å²) in [5.74, 6) is 1.06. The molecule has 6 nitrogen and oxygen atoms in total. The van der Waals surface area contributed by atoms with Gasteiger partial charge in [-0.3, -0.25) is 4.79 Å². The minimum Gasteiger partial charge on any atom is -0.396 e. The SMILES string of the molecule is O=C(CSc1nncn1C1CC1)N1CCC(CCO)C1. The number of likely N-dealkylation sites (tertiary alicyclic amines) is 1. The lowest BCUT2D eigenvalue weighted by Gasteiger charge is -2.16. The van der Waals surface area contributed by atoms with Gasteiger partial charge in [-0.2, -0.15) is 0 Å². The number of hydrogen-bond acceptors (Lipinski definition) is 5. The standard InChI is InChI=1S/C13H20N4O2S/c18-6-4-10-3-5-16(7-10)12(19)8-20-13-15-14-9-17(13)11-1-2-11/h9-11,18H,1-8H2. The highest BCUT2D eigenvalue weighted by molar-refractivity contribution is 7.99. The fourth-order valence-corrected chi connectivity index (χ4v) is 3.52. The third-order valence-electron chi connectivity index (χ3n) is 3.98. The Kier molecular flexibility index (Phi) is 4.26. The normalized spacial score (nSPS) is 22.4. The quantitative estimate of drug-likeness (QED) is 0.791. The summed E-state index contributed by atoms with van der Waals surface area (Å²) in [4.78, 5) is 14.1. The molecule has 1 atom stereocenters. The van der Waals surface area contributed by atoms with Crippen molar-refractivity contribution in [3.63, 3.8) is 0 Å². The van der Waals surface area contributed by atoms with Crippen LogP contribution < -0.4 is 0 Å². The van der Waals surface area contributed by atoms with Crippen LogP contribution >= 0.6 is 11.8 Å². The summed E-state index contributed by atoms with van der Waals surface area (Å²) in [6.45, 7) is 1.82. The maximum Gasteiger partial charge on any atom is 0.233 e. The Morgan fingerprint density at radius 2 is 2.30 bits per heavy atom. The highest BCUT2D eigenvalue weighted by Gasteiger charge is 2.28. The Morgan fingerprint density at radius 3 is 3.05 bits per heavy atom. The van der Waals surface area contributed by atoms with E-state index in [4.69, 9.17) is 5.11 Å². The van der Waals surface area contributed by atoms with Crippen LogP contribution in [0.3, 0.4) is 0 Å². The second-order valence-electron chi connectivity index (χ2n) is 5.55. The van der Waals surface area contributed by atoms with Crippen molar-refractivity contribution in [1.82, 2.24) is 19.7 Å². The number of carbonyl (C=O) groups excluding carboxylic acids is 1. The summed E-state index contributed by atoms with van der Waals surface area (Å²) in [5, 5.41) is 17.8. The van der Waals surface area contributed by atoms with Crippen molar-refractivity contribution >= 4 is 17.7 Å². The molecule has 1 amide bonds. The van der Waals surface area contributed by atoms with Crippen LogP contribution in [0.25, 0.3) is 0 Å². The molecule has 7 heteroatoms. The van der Waals surface area contributed by atoms with E-state index in [-0.39, 0.29) is 12.5 Å². The maximum absolute atomic E-state index is 12.2. The number of carbonyl (C=O) groups is 1. The monoisotopic (exact) mass is 296 g/mol. The molecule has 0 radical (unpaired) electrons. The number of hydrogen-bond donors (Lipinski definition) is 1. The van der Waals surface area contributed by atoms with Gasteiger partial charge in [0.25, 0.3) is 0 Å². The maximum atomic E-state index is 12.2. The largest absolute Gasteiger partial charge is 0.396 e. The molecule has 3 rings (SSSR count). The molecular weight excluding hydrogens is 276 g/mol. The first-order chi connectivity index (χ1) is 9.78. The Bertz CT molecular complexity index is 475. The van der Waals surface area contributed by atoms with Crippen LogP contribution in [0.4, 0.5) is 0 Å². The van der Waals surface area contributed by atoms with Crippen molar-refractivity contribution in [3.05, 3.63) is 6.33 Å². The predicted molar refractivity (Wildman–Crippen MR) is 75.4 cm³/mol. The van der Waals surface area contributed by atoms with Gasteiger partial charge in [-0.05, 0) is 31.6 Å². The van der Waals surface area contributed by atoms with Gasteiger partial charge in [-0.25, -0.2) is 0 Å². The molecule has 2 aliphatic rings. The van der Waals surface area contributed by atoms with E-state index < -0.39 is 0 Å². The van der Waals surface area contributed by atoms with E-state index in [1.165, 1.54) is 24.6 Å². The van der Waals surface area contributed by atoms with Crippen LogP contribution in [-0.2, 0) is 4.79 Å². The number of aliphatic hydroxyl groups excluding tert-OH is 1. The molecule has 1 aromatic rings. The van der Waals surface area contributed by atoms with Crippen LogP contribution in [0.1, 0.15) is 31.7 Å². The van der Waals surface area contributed by atoms with E-state index in [0.29, 0.717) is 17.7 Å². The third kappa shape index (κ3) is 3.15. The van der Waals surface area contributed by atoms with Crippen molar-refractivity contribution in [1.29, 1.82) is 0 Å². The minimum atomic E-state index is 0.167. The summed E-state index contributed by atoms with van der Waals surface area (Å²) < 4.78 is 2.08. The fourth-order valence-electron chi connectivity index (χ4n) is 2.63. The average Bonchev–Trinajstić information content (AvgIpc) is 3.00. The fraction of sp³-hybridized carbons (Fsp3) is 0.769. The zero-order valence-electron chi connectivity index (χ0n) is 11.4. The summed E-state index contributed by atoms with van der Waals surface area (Å²) in [6.07, 6.45) is 5.95. The Morgan fingerprint density at radius 1 is 1.45 bits per heavy atom. The Balaban J connectivity index is 1.48. The van der Waals surface area contributed by atoms with Gasteiger partial charge >= 0.3 is 0 Å². The van der Waals surface area contributed by atoms with Crippen molar-refractivity contribution in [2.24, 2.45) is 5.92 Å². The molecule has 0 bridgehead atoms. The lowest BCUT2D eigenvalue weighted by atomic mass is 10.1. The third-order valence-corrected chi connectivity index (χ3v) is 4.92. The molecule has 1 aromatic heterocycles. The van der Waals surface area contributed by atoms with Crippen molar-refractivity contribution in [2.75, 3.05) is 25.4 Å². The zero-order valence-corrected chi connectivity index (χ0v) is 12.3. The number of aliphatic hydroxyl groups is 1. The Hall–Kier alpha value is -1.08. The highest BCUT2D eigenvalue weighted by atomic mass is 32.2. The van der Waals surface area contributed by atoms with Crippen molar-refractivity contribution < 1.29 is 9.90 Å².